The first-order valence-electron chi connectivity index (χ1n) is 9.84. The minimum absolute atomic E-state index is 0.204. The van der Waals surface area contributed by atoms with Gasteiger partial charge in [0, 0.05) is 23.9 Å². The molecule has 3 rings (SSSR count). The second kappa shape index (κ2) is 10.5. The highest BCUT2D eigenvalue weighted by Gasteiger charge is 2.15. The Balaban J connectivity index is 1.46. The van der Waals surface area contributed by atoms with Crippen molar-refractivity contribution in [3.8, 4) is 0 Å². The largest absolute Gasteiger partial charge is 0.452 e. The Labute approximate surface area is 175 Å². The summed E-state index contributed by atoms with van der Waals surface area (Å²) in [7, 11) is 0. The lowest BCUT2D eigenvalue weighted by Gasteiger charge is -2.23. The monoisotopic (exact) mass is 412 g/mol. The predicted molar refractivity (Wildman–Crippen MR) is 111 cm³/mol. The van der Waals surface area contributed by atoms with Gasteiger partial charge in [0.2, 0.25) is 5.91 Å². The minimum atomic E-state index is -0.553. The van der Waals surface area contributed by atoms with E-state index in [0.29, 0.717) is 16.9 Å². The molecule has 8 nitrogen and oxygen atoms in total. The Kier molecular flexibility index (Phi) is 7.53. The van der Waals surface area contributed by atoms with Crippen LogP contribution in [0.1, 0.15) is 22.8 Å². The first-order chi connectivity index (χ1) is 14.5. The third-order valence-corrected chi connectivity index (χ3v) is 4.64. The number of ether oxygens (including phenoxy) is 2. The summed E-state index contributed by atoms with van der Waals surface area (Å²) in [5.74, 6) is -1.22. The van der Waals surface area contributed by atoms with Crippen molar-refractivity contribution in [2.24, 2.45) is 0 Å². The number of esters is 1. The minimum Gasteiger partial charge on any atom is -0.452 e. The number of morpholine rings is 1. The van der Waals surface area contributed by atoms with Crippen molar-refractivity contribution in [2.75, 3.05) is 43.5 Å². The summed E-state index contributed by atoms with van der Waals surface area (Å²) in [5.41, 5.74) is 2.60. The molecule has 0 bridgehead atoms. The molecule has 0 aliphatic carbocycles. The van der Waals surface area contributed by atoms with E-state index in [1.807, 2.05) is 12.1 Å². The van der Waals surface area contributed by atoms with Crippen LogP contribution in [0.15, 0.2) is 48.5 Å². The summed E-state index contributed by atoms with van der Waals surface area (Å²) in [6.07, 6.45) is 0. The molecule has 0 unspecified atom stereocenters. The van der Waals surface area contributed by atoms with E-state index in [2.05, 4.69) is 10.6 Å². The molecule has 1 saturated heterocycles. The number of anilines is 2. The Bertz CT molecular complexity index is 892. The zero-order valence-corrected chi connectivity index (χ0v) is 16.9. The smallest absolute Gasteiger partial charge is 0.338 e. The van der Waals surface area contributed by atoms with E-state index < -0.39 is 18.5 Å². The summed E-state index contributed by atoms with van der Waals surface area (Å²) in [4.78, 5) is 36.8. The normalized spacial score (nSPS) is 14.0. The second-order valence-corrected chi connectivity index (χ2v) is 7.12. The number of carbonyl (C=O) groups is 3. The summed E-state index contributed by atoms with van der Waals surface area (Å²) >= 11 is 0. The number of nitrogens with one attached hydrogen (secondary N) is 3. The molecule has 30 heavy (non-hydrogen) atoms. The average Bonchev–Trinajstić information content (AvgIpc) is 2.73. The van der Waals surface area contributed by atoms with Gasteiger partial charge in [0.1, 0.15) is 19.6 Å². The van der Waals surface area contributed by atoms with Gasteiger partial charge < -0.3 is 25.0 Å². The van der Waals surface area contributed by atoms with Crippen LogP contribution in [0.2, 0.25) is 0 Å². The van der Waals surface area contributed by atoms with Gasteiger partial charge in [-0.1, -0.05) is 18.2 Å². The van der Waals surface area contributed by atoms with Crippen LogP contribution in [0, 0.1) is 0 Å². The zero-order chi connectivity index (χ0) is 21.3. The lowest BCUT2D eigenvalue weighted by molar-refractivity contribution is -0.921. The van der Waals surface area contributed by atoms with Crippen LogP contribution in [0.25, 0.3) is 0 Å². The van der Waals surface area contributed by atoms with Crippen molar-refractivity contribution in [3.63, 3.8) is 0 Å². The molecule has 1 heterocycles. The van der Waals surface area contributed by atoms with Crippen LogP contribution in [0.4, 0.5) is 11.4 Å². The maximum Gasteiger partial charge on any atom is 0.338 e. The Morgan fingerprint density at radius 1 is 1.00 bits per heavy atom. The highest BCUT2D eigenvalue weighted by atomic mass is 16.5. The van der Waals surface area contributed by atoms with Gasteiger partial charge in [-0.15, -0.1) is 0 Å². The van der Waals surface area contributed by atoms with Gasteiger partial charge in [-0.05, 0) is 30.3 Å². The molecule has 1 aliphatic heterocycles. The van der Waals surface area contributed by atoms with Crippen LogP contribution in [0.5, 0.6) is 0 Å². The molecule has 158 valence electrons. The fourth-order valence-electron chi connectivity index (χ4n) is 3.17. The van der Waals surface area contributed by atoms with E-state index in [-0.39, 0.29) is 5.91 Å². The third-order valence-electron chi connectivity index (χ3n) is 4.64. The fourth-order valence-corrected chi connectivity index (χ4v) is 3.17. The average molecular weight is 412 g/mol. The van der Waals surface area contributed by atoms with Gasteiger partial charge in [-0.3, -0.25) is 9.59 Å². The second-order valence-electron chi connectivity index (χ2n) is 7.12. The molecule has 0 spiro atoms. The van der Waals surface area contributed by atoms with Crippen molar-refractivity contribution in [1.82, 2.24) is 0 Å². The summed E-state index contributed by atoms with van der Waals surface area (Å²) in [6, 6.07) is 14.0. The van der Waals surface area contributed by atoms with Crippen LogP contribution in [0.3, 0.4) is 0 Å². The SMILES string of the molecule is CC(=O)Nc1cccc(NC(=O)COC(=O)c2ccc(C[NH+]3CCOCC3)cc2)c1. The van der Waals surface area contributed by atoms with E-state index in [9.17, 15) is 14.4 Å². The van der Waals surface area contributed by atoms with Gasteiger partial charge >= 0.3 is 5.97 Å². The van der Waals surface area contributed by atoms with E-state index in [1.54, 1.807) is 36.4 Å². The number of rotatable bonds is 7. The topological polar surface area (TPSA) is 98.2 Å². The predicted octanol–water partition coefficient (Wildman–Crippen LogP) is 0.856. The maximum absolute atomic E-state index is 12.2. The first kappa shape index (κ1) is 21.5. The van der Waals surface area contributed by atoms with Crippen molar-refractivity contribution < 1.29 is 28.8 Å². The molecule has 0 aromatic heterocycles. The van der Waals surface area contributed by atoms with Crippen molar-refractivity contribution >= 4 is 29.2 Å². The van der Waals surface area contributed by atoms with Crippen LogP contribution in [-0.2, 0) is 25.6 Å². The number of hydrogen-bond acceptors (Lipinski definition) is 5. The fraction of sp³-hybridized carbons (Fsp3) is 0.318. The summed E-state index contributed by atoms with van der Waals surface area (Å²) < 4.78 is 10.5. The van der Waals surface area contributed by atoms with E-state index >= 15 is 0 Å². The van der Waals surface area contributed by atoms with Crippen molar-refractivity contribution in [3.05, 3.63) is 59.7 Å². The molecule has 0 saturated carbocycles. The molecule has 0 atom stereocenters. The van der Waals surface area contributed by atoms with Crippen molar-refractivity contribution in [1.29, 1.82) is 0 Å². The number of carbonyl (C=O) groups excluding carboxylic acids is 3. The third kappa shape index (κ3) is 6.68. The Morgan fingerprint density at radius 3 is 2.33 bits per heavy atom. The number of quaternary nitrogens is 1. The van der Waals surface area contributed by atoms with Crippen LogP contribution < -0.4 is 15.5 Å². The van der Waals surface area contributed by atoms with Gasteiger partial charge in [0.15, 0.2) is 6.61 Å². The molecule has 1 fully saturated rings. The van der Waals surface area contributed by atoms with Gasteiger partial charge in [-0.2, -0.15) is 0 Å². The molecule has 2 amide bonds. The Morgan fingerprint density at radius 2 is 1.67 bits per heavy atom. The molecular weight excluding hydrogens is 386 g/mol. The summed E-state index contributed by atoms with van der Waals surface area (Å²) in [5, 5.41) is 5.27. The molecular formula is C22H26N3O5+. The van der Waals surface area contributed by atoms with Gasteiger partial charge in [0.25, 0.3) is 5.91 Å². The molecule has 2 aromatic rings. The molecule has 3 N–H and O–H groups in total. The summed E-state index contributed by atoms with van der Waals surface area (Å²) in [6.45, 7) is 5.40. The van der Waals surface area contributed by atoms with Gasteiger partial charge in [0.05, 0.1) is 18.8 Å². The lowest BCUT2D eigenvalue weighted by Crippen LogP contribution is -3.12. The first-order valence-corrected chi connectivity index (χ1v) is 9.84. The van der Waals surface area contributed by atoms with E-state index in [4.69, 9.17) is 9.47 Å². The highest BCUT2D eigenvalue weighted by molar-refractivity contribution is 5.96. The standard InChI is InChI=1S/C22H25N3O5/c1-16(26)23-19-3-2-4-20(13-19)24-21(27)15-30-22(28)18-7-5-17(6-8-18)14-25-9-11-29-12-10-25/h2-8,13H,9-12,14-15H2,1H3,(H,23,26)(H,24,27)/p+1. The van der Waals surface area contributed by atoms with Crippen LogP contribution in [-0.4, -0.2) is 50.7 Å². The number of hydrogen-bond donors (Lipinski definition) is 3. The zero-order valence-electron chi connectivity index (χ0n) is 16.9. The lowest BCUT2D eigenvalue weighted by atomic mass is 10.1. The quantitative estimate of drug-likeness (QED) is 0.586. The molecule has 1 aliphatic rings. The van der Waals surface area contributed by atoms with Crippen LogP contribution >= 0.6 is 0 Å². The highest BCUT2D eigenvalue weighted by Crippen LogP contribution is 2.15. The number of amides is 2. The Hall–Kier alpha value is -3.23. The van der Waals surface area contributed by atoms with E-state index in [0.717, 1.165) is 38.4 Å². The maximum atomic E-state index is 12.2. The van der Waals surface area contributed by atoms with Crippen molar-refractivity contribution in [2.45, 2.75) is 13.5 Å². The van der Waals surface area contributed by atoms with E-state index in [1.165, 1.54) is 11.8 Å². The van der Waals surface area contributed by atoms with Gasteiger partial charge in [-0.25, -0.2) is 4.79 Å². The molecule has 0 radical (unpaired) electrons. The molecule has 2 aromatic carbocycles. The molecule has 8 heteroatoms. The number of benzene rings is 2.